The van der Waals surface area contributed by atoms with Gasteiger partial charge in [-0.25, -0.2) is 0 Å². The zero-order valence-corrected chi connectivity index (χ0v) is 29.3. The predicted octanol–water partition coefficient (Wildman–Crippen LogP) is 5.94. The van der Waals surface area contributed by atoms with E-state index in [-0.39, 0.29) is 12.5 Å². The van der Waals surface area contributed by atoms with Crippen LogP contribution in [0.1, 0.15) is 129 Å². The highest BCUT2D eigenvalue weighted by atomic mass is 16.7. The quantitative estimate of drug-likeness (QED) is 0.0445. The van der Waals surface area contributed by atoms with E-state index in [9.17, 15) is 30.3 Å². The molecule has 0 aromatic heterocycles. The molecule has 1 aliphatic rings. The SMILES string of the molecule is CCCC/C=C\CCCCCCCC(=O)NC(COC1OC(CO)C(O)C(O)C1O)C(O)/C=C/CC/C=C/CC/C=C/CCCCC. The van der Waals surface area contributed by atoms with E-state index >= 15 is 0 Å². The summed E-state index contributed by atoms with van der Waals surface area (Å²) in [4.78, 5) is 12.8. The van der Waals surface area contributed by atoms with Gasteiger partial charge in [-0.15, -0.1) is 0 Å². The van der Waals surface area contributed by atoms with Gasteiger partial charge in [0, 0.05) is 6.42 Å². The molecule has 7 unspecified atom stereocenters. The third-order valence-electron chi connectivity index (χ3n) is 8.35. The number of rotatable bonds is 28. The van der Waals surface area contributed by atoms with Gasteiger partial charge in [-0.3, -0.25) is 4.79 Å². The smallest absolute Gasteiger partial charge is 0.220 e. The zero-order chi connectivity index (χ0) is 34.5. The van der Waals surface area contributed by atoms with Gasteiger partial charge < -0.3 is 40.3 Å². The number of allylic oxidation sites excluding steroid dienone is 7. The third kappa shape index (κ3) is 21.0. The van der Waals surface area contributed by atoms with Crippen molar-refractivity contribution in [3.05, 3.63) is 48.6 Å². The highest BCUT2D eigenvalue weighted by molar-refractivity contribution is 5.76. The van der Waals surface area contributed by atoms with E-state index in [0.29, 0.717) is 6.42 Å². The Hall–Kier alpha value is -1.85. The van der Waals surface area contributed by atoms with Gasteiger partial charge in [0.2, 0.25) is 5.91 Å². The Morgan fingerprint density at radius 1 is 0.702 bits per heavy atom. The van der Waals surface area contributed by atoms with Crippen LogP contribution in [0.5, 0.6) is 0 Å². The van der Waals surface area contributed by atoms with E-state index in [0.717, 1.165) is 77.0 Å². The molecule has 0 radical (unpaired) electrons. The Morgan fingerprint density at radius 3 is 1.85 bits per heavy atom. The average Bonchev–Trinajstić information content (AvgIpc) is 3.07. The Kier molecular flexibility index (Phi) is 26.7. The largest absolute Gasteiger partial charge is 0.394 e. The summed E-state index contributed by atoms with van der Waals surface area (Å²) >= 11 is 0. The lowest BCUT2D eigenvalue weighted by molar-refractivity contribution is -0.302. The number of hydrogen-bond acceptors (Lipinski definition) is 8. The van der Waals surface area contributed by atoms with E-state index in [1.807, 2.05) is 6.08 Å². The fourth-order valence-electron chi connectivity index (χ4n) is 5.28. The van der Waals surface area contributed by atoms with Crippen molar-refractivity contribution >= 4 is 5.91 Å². The van der Waals surface area contributed by atoms with Crippen LogP contribution in [0.4, 0.5) is 0 Å². The highest BCUT2D eigenvalue weighted by Gasteiger charge is 2.44. The summed E-state index contributed by atoms with van der Waals surface area (Å²) in [5.41, 5.74) is 0. The maximum Gasteiger partial charge on any atom is 0.220 e. The molecule has 1 rings (SSSR count). The van der Waals surface area contributed by atoms with Crippen molar-refractivity contribution in [2.75, 3.05) is 13.2 Å². The van der Waals surface area contributed by atoms with E-state index in [1.165, 1.54) is 32.1 Å². The third-order valence-corrected chi connectivity index (χ3v) is 8.35. The molecular formula is C38H67NO8. The van der Waals surface area contributed by atoms with Gasteiger partial charge in [-0.1, -0.05) is 107 Å². The molecule has 6 N–H and O–H groups in total. The Bertz CT molecular complexity index is 874. The van der Waals surface area contributed by atoms with Crippen LogP contribution in [-0.4, -0.2) is 87.5 Å². The van der Waals surface area contributed by atoms with Gasteiger partial charge in [0.1, 0.15) is 24.4 Å². The van der Waals surface area contributed by atoms with Crippen molar-refractivity contribution in [2.24, 2.45) is 0 Å². The summed E-state index contributed by atoms with van der Waals surface area (Å²) in [5.74, 6) is -0.207. The number of hydrogen-bond donors (Lipinski definition) is 6. The molecular weight excluding hydrogens is 598 g/mol. The lowest BCUT2D eigenvalue weighted by Crippen LogP contribution is -2.60. The summed E-state index contributed by atoms with van der Waals surface area (Å²) in [7, 11) is 0. The number of nitrogens with one attached hydrogen (secondary N) is 1. The summed E-state index contributed by atoms with van der Waals surface area (Å²) in [6, 6.07) is -0.828. The monoisotopic (exact) mass is 665 g/mol. The molecule has 0 saturated carbocycles. The molecule has 272 valence electrons. The normalized spacial score (nSPS) is 23.4. The molecule has 1 fully saturated rings. The first-order chi connectivity index (χ1) is 22.8. The van der Waals surface area contributed by atoms with Crippen molar-refractivity contribution in [3.63, 3.8) is 0 Å². The molecule has 0 spiro atoms. The van der Waals surface area contributed by atoms with Gasteiger partial charge in [-0.2, -0.15) is 0 Å². The number of aliphatic hydroxyl groups excluding tert-OH is 5. The Morgan fingerprint density at radius 2 is 1.23 bits per heavy atom. The topological polar surface area (TPSA) is 149 Å². The standard InChI is InChI=1S/C38H67NO8/c1-3-5-7-9-11-13-15-16-18-19-21-23-25-27-32(41)31(30-46-38-37(45)36(44)35(43)33(29-40)47-38)39-34(42)28-26-24-22-20-17-14-12-10-8-6-4-2/h10-13,18-19,25,27,31-33,35-38,40-41,43-45H,3-9,14-17,20-24,26,28-30H2,1-2H3,(H,39,42)/b12-10-,13-11+,19-18+,27-25+. The Balaban J connectivity index is 2.54. The van der Waals surface area contributed by atoms with Crippen molar-refractivity contribution in [3.8, 4) is 0 Å². The van der Waals surface area contributed by atoms with Crippen LogP contribution in [0.3, 0.4) is 0 Å². The molecule has 9 nitrogen and oxygen atoms in total. The zero-order valence-electron chi connectivity index (χ0n) is 29.3. The molecule has 1 saturated heterocycles. The number of amides is 1. The van der Waals surface area contributed by atoms with E-state index < -0.39 is 49.5 Å². The van der Waals surface area contributed by atoms with Crippen LogP contribution in [-0.2, 0) is 14.3 Å². The first-order valence-corrected chi connectivity index (χ1v) is 18.4. The van der Waals surface area contributed by atoms with Crippen LogP contribution in [0, 0.1) is 0 Å². The number of aliphatic hydroxyl groups is 5. The van der Waals surface area contributed by atoms with Gasteiger partial charge in [0.15, 0.2) is 6.29 Å². The maximum atomic E-state index is 12.8. The molecule has 1 amide bonds. The fraction of sp³-hybridized carbons (Fsp3) is 0.763. The molecule has 1 heterocycles. The second-order valence-electron chi connectivity index (χ2n) is 12.6. The van der Waals surface area contributed by atoms with Gasteiger partial charge in [-0.05, 0) is 64.2 Å². The predicted molar refractivity (Wildman–Crippen MR) is 189 cm³/mol. The molecule has 47 heavy (non-hydrogen) atoms. The number of carbonyl (C=O) groups excluding carboxylic acids is 1. The van der Waals surface area contributed by atoms with Gasteiger partial charge in [0.25, 0.3) is 0 Å². The van der Waals surface area contributed by atoms with Crippen LogP contribution in [0.2, 0.25) is 0 Å². The molecule has 9 heteroatoms. The van der Waals surface area contributed by atoms with Crippen LogP contribution < -0.4 is 5.32 Å². The van der Waals surface area contributed by atoms with E-state index in [1.54, 1.807) is 6.08 Å². The second kappa shape index (κ2) is 29.1. The van der Waals surface area contributed by atoms with Crippen LogP contribution in [0.15, 0.2) is 48.6 Å². The first kappa shape index (κ1) is 43.2. The molecule has 0 aromatic rings. The summed E-state index contributed by atoms with van der Waals surface area (Å²) in [5, 5.41) is 53.7. The molecule has 0 aliphatic carbocycles. The van der Waals surface area contributed by atoms with Crippen LogP contribution >= 0.6 is 0 Å². The van der Waals surface area contributed by atoms with E-state index in [4.69, 9.17) is 9.47 Å². The highest BCUT2D eigenvalue weighted by Crippen LogP contribution is 2.22. The van der Waals surface area contributed by atoms with Crippen molar-refractivity contribution < 1.29 is 39.8 Å². The summed E-state index contributed by atoms with van der Waals surface area (Å²) < 4.78 is 11.1. The number of carbonyl (C=O) groups is 1. The summed E-state index contributed by atoms with van der Waals surface area (Å²) in [6.07, 6.45) is 27.3. The molecule has 1 aliphatic heterocycles. The Labute approximate surface area is 284 Å². The minimum Gasteiger partial charge on any atom is -0.394 e. The molecule has 0 aromatic carbocycles. The van der Waals surface area contributed by atoms with Crippen molar-refractivity contribution in [1.29, 1.82) is 0 Å². The first-order valence-electron chi connectivity index (χ1n) is 18.4. The van der Waals surface area contributed by atoms with Crippen molar-refractivity contribution in [2.45, 2.75) is 172 Å². The fourth-order valence-corrected chi connectivity index (χ4v) is 5.28. The van der Waals surface area contributed by atoms with Crippen LogP contribution in [0.25, 0.3) is 0 Å². The lowest BCUT2D eigenvalue weighted by atomic mass is 9.99. The van der Waals surface area contributed by atoms with Gasteiger partial charge in [0.05, 0.1) is 25.4 Å². The molecule has 7 atom stereocenters. The maximum absolute atomic E-state index is 12.8. The number of ether oxygens (including phenoxy) is 2. The summed E-state index contributed by atoms with van der Waals surface area (Å²) in [6.45, 7) is 3.62. The van der Waals surface area contributed by atoms with Gasteiger partial charge >= 0.3 is 0 Å². The van der Waals surface area contributed by atoms with E-state index in [2.05, 4.69) is 55.6 Å². The number of unbranched alkanes of at least 4 members (excludes halogenated alkanes) is 12. The average molecular weight is 666 g/mol. The lowest BCUT2D eigenvalue weighted by Gasteiger charge is -2.40. The second-order valence-corrected chi connectivity index (χ2v) is 12.6. The minimum atomic E-state index is -1.57. The molecule has 0 bridgehead atoms. The minimum absolute atomic E-state index is 0.207. The van der Waals surface area contributed by atoms with Crippen molar-refractivity contribution in [1.82, 2.24) is 5.32 Å².